The standard InChI is InChI=1S/C12H15ClN2O.ClH/c13-9-5-1-2-7-11(9)15-8-4-3-6-10(14)12(15)16;/h1-2,5,7,10H,3-4,6,8,14H2;1H/t10-;/m0./s1. The lowest BCUT2D eigenvalue weighted by Crippen LogP contribution is -2.42. The van der Waals surface area contributed by atoms with Gasteiger partial charge in [-0.05, 0) is 31.4 Å². The van der Waals surface area contributed by atoms with Crippen LogP contribution in [0.15, 0.2) is 24.3 Å². The van der Waals surface area contributed by atoms with Crippen molar-refractivity contribution in [2.24, 2.45) is 5.73 Å². The Hall–Kier alpha value is -0.770. The maximum Gasteiger partial charge on any atom is 0.243 e. The lowest BCUT2D eigenvalue weighted by Gasteiger charge is -2.23. The molecule has 0 aromatic heterocycles. The van der Waals surface area contributed by atoms with Crippen LogP contribution >= 0.6 is 24.0 Å². The van der Waals surface area contributed by atoms with Crippen molar-refractivity contribution in [2.45, 2.75) is 25.3 Å². The van der Waals surface area contributed by atoms with Crippen molar-refractivity contribution >= 4 is 35.6 Å². The number of hydrogen-bond donors (Lipinski definition) is 1. The van der Waals surface area contributed by atoms with Crippen LogP contribution in [0.3, 0.4) is 0 Å². The van der Waals surface area contributed by atoms with Crippen LogP contribution in [-0.4, -0.2) is 18.5 Å². The fraction of sp³-hybridized carbons (Fsp3) is 0.417. The third-order valence-corrected chi connectivity index (χ3v) is 3.19. The molecule has 0 aliphatic carbocycles. The van der Waals surface area contributed by atoms with E-state index in [0.717, 1.165) is 24.9 Å². The van der Waals surface area contributed by atoms with E-state index in [1.807, 2.05) is 18.2 Å². The third kappa shape index (κ3) is 3.12. The van der Waals surface area contributed by atoms with Crippen molar-refractivity contribution in [3.8, 4) is 0 Å². The van der Waals surface area contributed by atoms with E-state index in [0.29, 0.717) is 11.6 Å². The Kier molecular flexibility index (Phi) is 5.25. The highest BCUT2D eigenvalue weighted by Gasteiger charge is 2.25. The topological polar surface area (TPSA) is 46.3 Å². The summed E-state index contributed by atoms with van der Waals surface area (Å²) >= 11 is 6.09. The summed E-state index contributed by atoms with van der Waals surface area (Å²) in [4.78, 5) is 13.7. The predicted molar refractivity (Wildman–Crippen MR) is 72.9 cm³/mol. The molecule has 1 amide bonds. The van der Waals surface area contributed by atoms with Crippen LogP contribution in [0, 0.1) is 0 Å². The van der Waals surface area contributed by atoms with E-state index in [1.54, 1.807) is 11.0 Å². The molecule has 3 nitrogen and oxygen atoms in total. The number of hydrogen-bond acceptors (Lipinski definition) is 2. The van der Waals surface area contributed by atoms with Gasteiger partial charge in [-0.15, -0.1) is 12.4 Å². The Labute approximate surface area is 112 Å². The molecule has 1 aliphatic heterocycles. The average molecular weight is 275 g/mol. The summed E-state index contributed by atoms with van der Waals surface area (Å²) in [5, 5.41) is 0.602. The molecule has 0 bridgehead atoms. The van der Waals surface area contributed by atoms with E-state index in [9.17, 15) is 4.79 Å². The van der Waals surface area contributed by atoms with E-state index in [1.165, 1.54) is 0 Å². The van der Waals surface area contributed by atoms with Gasteiger partial charge in [0.15, 0.2) is 0 Å². The molecular formula is C12H16Cl2N2O. The number of benzene rings is 1. The monoisotopic (exact) mass is 274 g/mol. The Morgan fingerprint density at radius 1 is 1.29 bits per heavy atom. The first-order chi connectivity index (χ1) is 7.70. The minimum absolute atomic E-state index is 0. The van der Waals surface area contributed by atoms with E-state index in [2.05, 4.69) is 0 Å². The number of amides is 1. The van der Waals surface area contributed by atoms with Crippen molar-refractivity contribution in [1.82, 2.24) is 0 Å². The molecule has 0 radical (unpaired) electrons. The van der Waals surface area contributed by atoms with Crippen molar-refractivity contribution in [2.75, 3.05) is 11.4 Å². The van der Waals surface area contributed by atoms with Gasteiger partial charge in [-0.3, -0.25) is 4.79 Å². The second-order valence-electron chi connectivity index (χ2n) is 4.04. The van der Waals surface area contributed by atoms with E-state index in [4.69, 9.17) is 17.3 Å². The first-order valence-corrected chi connectivity index (χ1v) is 5.89. The smallest absolute Gasteiger partial charge is 0.243 e. The molecule has 1 saturated heterocycles. The lowest BCUT2D eigenvalue weighted by atomic mass is 10.1. The first-order valence-electron chi connectivity index (χ1n) is 5.51. The average Bonchev–Trinajstić information content (AvgIpc) is 2.44. The zero-order valence-corrected chi connectivity index (χ0v) is 11.0. The molecule has 94 valence electrons. The predicted octanol–water partition coefficient (Wildman–Crippen LogP) is 2.61. The third-order valence-electron chi connectivity index (χ3n) is 2.87. The van der Waals surface area contributed by atoms with Gasteiger partial charge >= 0.3 is 0 Å². The number of rotatable bonds is 1. The molecule has 0 unspecified atom stereocenters. The summed E-state index contributed by atoms with van der Waals surface area (Å²) in [5.41, 5.74) is 6.59. The number of halogens is 2. The zero-order chi connectivity index (χ0) is 11.5. The Morgan fingerprint density at radius 3 is 2.71 bits per heavy atom. The quantitative estimate of drug-likeness (QED) is 0.856. The normalized spacial score (nSPS) is 20.7. The summed E-state index contributed by atoms with van der Waals surface area (Å²) in [7, 11) is 0. The maximum atomic E-state index is 12.0. The van der Waals surface area contributed by atoms with Gasteiger partial charge in [0.1, 0.15) is 0 Å². The summed E-state index contributed by atoms with van der Waals surface area (Å²) in [6.45, 7) is 0.705. The number of nitrogens with zero attached hydrogens (tertiary/aromatic N) is 1. The minimum atomic E-state index is -0.390. The zero-order valence-electron chi connectivity index (χ0n) is 9.43. The summed E-state index contributed by atoms with van der Waals surface area (Å²) < 4.78 is 0. The molecule has 1 aromatic carbocycles. The van der Waals surface area contributed by atoms with Crippen molar-refractivity contribution < 1.29 is 4.79 Å². The number of nitrogens with two attached hydrogens (primary N) is 1. The Bertz CT molecular complexity index is 398. The maximum absolute atomic E-state index is 12.0. The second kappa shape index (κ2) is 6.24. The molecule has 1 fully saturated rings. The van der Waals surface area contributed by atoms with Gasteiger partial charge in [0.05, 0.1) is 16.8 Å². The van der Waals surface area contributed by atoms with Gasteiger partial charge < -0.3 is 10.6 Å². The molecule has 0 saturated carbocycles. The van der Waals surface area contributed by atoms with Crippen LogP contribution in [-0.2, 0) is 4.79 Å². The molecule has 2 N–H and O–H groups in total. The summed E-state index contributed by atoms with van der Waals surface area (Å²) in [6.07, 6.45) is 2.73. The van der Waals surface area contributed by atoms with Gasteiger partial charge in [0.25, 0.3) is 0 Å². The number of anilines is 1. The van der Waals surface area contributed by atoms with Gasteiger partial charge in [0, 0.05) is 6.54 Å². The highest BCUT2D eigenvalue weighted by atomic mass is 35.5. The van der Waals surface area contributed by atoms with Crippen LogP contribution in [0.1, 0.15) is 19.3 Å². The minimum Gasteiger partial charge on any atom is -0.320 e. The number of carbonyl (C=O) groups excluding carboxylic acids is 1. The van der Waals surface area contributed by atoms with Crippen LogP contribution in [0.2, 0.25) is 5.02 Å². The molecule has 1 aliphatic rings. The fourth-order valence-electron chi connectivity index (χ4n) is 1.98. The Morgan fingerprint density at radius 2 is 2.00 bits per heavy atom. The molecule has 1 atom stereocenters. The van der Waals surface area contributed by atoms with E-state index in [-0.39, 0.29) is 18.3 Å². The SMILES string of the molecule is Cl.N[C@H]1CCCCN(c2ccccc2Cl)C1=O. The number of para-hydroxylation sites is 1. The van der Waals surface area contributed by atoms with Crippen LogP contribution in [0.5, 0.6) is 0 Å². The van der Waals surface area contributed by atoms with Crippen LogP contribution in [0.25, 0.3) is 0 Å². The molecule has 2 rings (SSSR count). The molecule has 0 spiro atoms. The van der Waals surface area contributed by atoms with Crippen molar-refractivity contribution in [3.63, 3.8) is 0 Å². The molecule has 1 heterocycles. The van der Waals surface area contributed by atoms with Crippen LogP contribution in [0.4, 0.5) is 5.69 Å². The second-order valence-corrected chi connectivity index (χ2v) is 4.45. The molecule has 17 heavy (non-hydrogen) atoms. The number of carbonyl (C=O) groups is 1. The lowest BCUT2D eigenvalue weighted by molar-refractivity contribution is -0.119. The van der Waals surface area contributed by atoms with Crippen molar-refractivity contribution in [3.05, 3.63) is 29.3 Å². The largest absolute Gasteiger partial charge is 0.320 e. The summed E-state index contributed by atoms with van der Waals surface area (Å²) in [5.74, 6) is -0.0226. The van der Waals surface area contributed by atoms with Crippen LogP contribution < -0.4 is 10.6 Å². The highest BCUT2D eigenvalue weighted by molar-refractivity contribution is 6.33. The first kappa shape index (κ1) is 14.3. The van der Waals surface area contributed by atoms with Gasteiger partial charge in [-0.1, -0.05) is 23.7 Å². The summed E-state index contributed by atoms with van der Waals surface area (Å²) in [6, 6.07) is 7.00. The fourth-order valence-corrected chi connectivity index (χ4v) is 2.22. The molecule has 1 aromatic rings. The van der Waals surface area contributed by atoms with E-state index < -0.39 is 6.04 Å². The van der Waals surface area contributed by atoms with Gasteiger partial charge in [-0.2, -0.15) is 0 Å². The molecule has 5 heteroatoms. The molecular weight excluding hydrogens is 259 g/mol. The Balaban J connectivity index is 0.00000144. The highest BCUT2D eigenvalue weighted by Crippen LogP contribution is 2.27. The van der Waals surface area contributed by atoms with Gasteiger partial charge in [-0.25, -0.2) is 0 Å². The van der Waals surface area contributed by atoms with Gasteiger partial charge in [0.2, 0.25) is 5.91 Å². The van der Waals surface area contributed by atoms with Crippen molar-refractivity contribution in [1.29, 1.82) is 0 Å². The van der Waals surface area contributed by atoms with E-state index >= 15 is 0 Å².